The molecular weight excluding hydrogens is 473 g/mol. The maximum atomic E-state index is 13.2. The highest BCUT2D eigenvalue weighted by Gasteiger charge is 2.32. The standard InChI is InChI=1S/C24H25Cl2N7O/c1-32-14-33(21-19(25)6-3-7-20(21)26)23(34)18-13-28-24(31-22(18)32)30-17-5-2-4-16(12-17)29-15-8-10-27-11-9-15/h2-7,12-13,15,27,29H,8-11,14H2,1H3,(H,28,30,31). The summed E-state index contributed by atoms with van der Waals surface area (Å²) < 4.78 is 0. The van der Waals surface area contributed by atoms with Crippen LogP contribution >= 0.6 is 23.2 Å². The fourth-order valence-corrected chi connectivity index (χ4v) is 4.90. The van der Waals surface area contributed by atoms with Gasteiger partial charge in [-0.3, -0.25) is 9.69 Å². The van der Waals surface area contributed by atoms with Gasteiger partial charge < -0.3 is 20.9 Å². The van der Waals surface area contributed by atoms with Gasteiger partial charge in [0.05, 0.1) is 22.4 Å². The van der Waals surface area contributed by atoms with Crippen LogP contribution in [0.5, 0.6) is 0 Å². The molecule has 3 heterocycles. The van der Waals surface area contributed by atoms with Gasteiger partial charge in [-0.15, -0.1) is 0 Å². The van der Waals surface area contributed by atoms with E-state index in [0.29, 0.717) is 39.1 Å². The molecule has 34 heavy (non-hydrogen) atoms. The Labute approximate surface area is 208 Å². The van der Waals surface area contributed by atoms with Crippen molar-refractivity contribution in [1.29, 1.82) is 0 Å². The molecule has 0 unspecified atom stereocenters. The molecule has 176 valence electrons. The van der Waals surface area contributed by atoms with Gasteiger partial charge in [-0.1, -0.05) is 35.3 Å². The first kappa shape index (κ1) is 22.7. The first-order chi connectivity index (χ1) is 16.5. The number of carbonyl (C=O) groups is 1. The Balaban J connectivity index is 1.36. The molecule has 1 saturated heterocycles. The number of hydrogen-bond acceptors (Lipinski definition) is 7. The molecule has 0 atom stereocenters. The van der Waals surface area contributed by atoms with E-state index in [9.17, 15) is 4.79 Å². The van der Waals surface area contributed by atoms with E-state index in [-0.39, 0.29) is 12.6 Å². The minimum Gasteiger partial charge on any atom is -0.382 e. The molecule has 2 aliphatic heterocycles. The Morgan fingerprint density at radius 1 is 1.06 bits per heavy atom. The van der Waals surface area contributed by atoms with E-state index in [1.54, 1.807) is 23.1 Å². The molecule has 2 aliphatic rings. The zero-order valence-corrected chi connectivity index (χ0v) is 20.2. The van der Waals surface area contributed by atoms with E-state index in [2.05, 4.69) is 32.0 Å². The van der Waals surface area contributed by atoms with Crippen LogP contribution in [-0.2, 0) is 0 Å². The van der Waals surface area contributed by atoms with Gasteiger partial charge in [0.25, 0.3) is 5.91 Å². The number of fused-ring (bicyclic) bond motifs is 1. The van der Waals surface area contributed by atoms with Gasteiger partial charge in [-0.25, -0.2) is 4.98 Å². The fraction of sp³-hybridized carbons (Fsp3) is 0.292. The first-order valence-electron chi connectivity index (χ1n) is 11.2. The predicted octanol–water partition coefficient (Wildman–Crippen LogP) is 4.75. The molecule has 1 amide bonds. The number of aromatic nitrogens is 2. The summed E-state index contributed by atoms with van der Waals surface area (Å²) in [5.74, 6) is 0.718. The molecule has 0 saturated carbocycles. The van der Waals surface area contributed by atoms with Crippen molar-refractivity contribution >= 4 is 57.9 Å². The van der Waals surface area contributed by atoms with Crippen LogP contribution in [0.15, 0.2) is 48.7 Å². The van der Waals surface area contributed by atoms with Crippen molar-refractivity contribution in [2.75, 3.05) is 47.2 Å². The Bertz CT molecular complexity index is 1200. The minimum absolute atomic E-state index is 0.247. The SMILES string of the molecule is CN1CN(c2c(Cl)cccc2Cl)C(=O)c2cnc(Nc3cccc(NC4CCNCC4)c3)nc21. The summed E-state index contributed by atoms with van der Waals surface area (Å²) in [6, 6.07) is 13.7. The Hall–Kier alpha value is -3.07. The number of amides is 1. The molecule has 2 aromatic carbocycles. The molecule has 10 heteroatoms. The second-order valence-electron chi connectivity index (χ2n) is 8.45. The van der Waals surface area contributed by atoms with E-state index in [1.807, 2.05) is 30.1 Å². The number of halogens is 2. The number of rotatable bonds is 5. The average molecular weight is 498 g/mol. The number of nitrogens with one attached hydrogen (secondary N) is 3. The monoisotopic (exact) mass is 497 g/mol. The molecule has 5 rings (SSSR count). The van der Waals surface area contributed by atoms with E-state index in [0.717, 1.165) is 37.3 Å². The molecule has 3 N–H and O–H groups in total. The third-order valence-electron chi connectivity index (χ3n) is 6.00. The van der Waals surface area contributed by atoms with Crippen molar-refractivity contribution in [2.24, 2.45) is 0 Å². The van der Waals surface area contributed by atoms with Crippen molar-refractivity contribution in [3.63, 3.8) is 0 Å². The largest absolute Gasteiger partial charge is 0.382 e. The lowest BCUT2D eigenvalue weighted by atomic mass is 10.1. The maximum absolute atomic E-state index is 13.2. The van der Waals surface area contributed by atoms with Crippen molar-refractivity contribution in [1.82, 2.24) is 15.3 Å². The van der Waals surface area contributed by atoms with Gasteiger partial charge in [-0.05, 0) is 56.3 Å². The van der Waals surface area contributed by atoms with Crippen molar-refractivity contribution < 1.29 is 4.79 Å². The summed E-state index contributed by atoms with van der Waals surface area (Å²) in [6.07, 6.45) is 3.74. The number of hydrogen-bond donors (Lipinski definition) is 3. The molecule has 0 aliphatic carbocycles. The van der Waals surface area contributed by atoms with Gasteiger partial charge in [-0.2, -0.15) is 4.98 Å². The predicted molar refractivity (Wildman–Crippen MR) is 138 cm³/mol. The van der Waals surface area contributed by atoms with Gasteiger partial charge >= 0.3 is 0 Å². The third kappa shape index (κ3) is 4.61. The Morgan fingerprint density at radius 2 is 1.76 bits per heavy atom. The fourth-order valence-electron chi connectivity index (χ4n) is 4.30. The van der Waals surface area contributed by atoms with Crippen LogP contribution in [0.25, 0.3) is 0 Å². The Kier molecular flexibility index (Phi) is 6.45. The number of anilines is 5. The quantitative estimate of drug-likeness (QED) is 0.469. The van der Waals surface area contributed by atoms with Crippen molar-refractivity contribution in [3.8, 4) is 0 Å². The van der Waals surface area contributed by atoms with Crippen LogP contribution in [0.1, 0.15) is 23.2 Å². The summed E-state index contributed by atoms with van der Waals surface area (Å²) in [5.41, 5.74) is 2.78. The van der Waals surface area contributed by atoms with E-state index >= 15 is 0 Å². The lowest BCUT2D eigenvalue weighted by molar-refractivity contribution is 0.0982. The molecule has 1 aromatic heterocycles. The minimum atomic E-state index is -0.247. The molecule has 3 aromatic rings. The normalized spacial score (nSPS) is 16.4. The van der Waals surface area contributed by atoms with E-state index < -0.39 is 0 Å². The van der Waals surface area contributed by atoms with Crippen LogP contribution < -0.4 is 25.8 Å². The van der Waals surface area contributed by atoms with Crippen molar-refractivity contribution in [2.45, 2.75) is 18.9 Å². The summed E-state index contributed by atoms with van der Waals surface area (Å²) in [7, 11) is 1.86. The van der Waals surface area contributed by atoms with Crippen LogP contribution in [0.4, 0.5) is 28.8 Å². The van der Waals surface area contributed by atoms with Crippen LogP contribution in [0, 0.1) is 0 Å². The smallest absolute Gasteiger partial charge is 0.265 e. The van der Waals surface area contributed by atoms with Crippen molar-refractivity contribution in [3.05, 3.63) is 64.3 Å². The topological polar surface area (TPSA) is 85.4 Å². The lowest BCUT2D eigenvalue weighted by Gasteiger charge is -2.35. The molecule has 0 spiro atoms. The summed E-state index contributed by atoms with van der Waals surface area (Å²) in [4.78, 5) is 25.7. The number of carbonyl (C=O) groups excluding carboxylic acids is 1. The Morgan fingerprint density at radius 3 is 2.53 bits per heavy atom. The second kappa shape index (κ2) is 9.66. The summed E-state index contributed by atoms with van der Waals surface area (Å²) in [5, 5.41) is 11.1. The third-order valence-corrected chi connectivity index (χ3v) is 6.61. The summed E-state index contributed by atoms with van der Waals surface area (Å²) in [6.45, 7) is 2.33. The number of nitrogens with zero attached hydrogens (tertiary/aromatic N) is 4. The molecule has 8 nitrogen and oxygen atoms in total. The van der Waals surface area contributed by atoms with Gasteiger partial charge in [0.2, 0.25) is 5.95 Å². The molecular formula is C24H25Cl2N7O. The number of para-hydroxylation sites is 1. The molecule has 0 radical (unpaired) electrons. The van der Waals surface area contributed by atoms with E-state index in [1.165, 1.54) is 6.20 Å². The highest BCUT2D eigenvalue weighted by atomic mass is 35.5. The zero-order valence-electron chi connectivity index (χ0n) is 18.7. The van der Waals surface area contributed by atoms with Gasteiger partial charge in [0, 0.05) is 30.7 Å². The zero-order chi connectivity index (χ0) is 23.7. The lowest BCUT2D eigenvalue weighted by Crippen LogP contribution is -2.46. The number of benzene rings is 2. The van der Waals surface area contributed by atoms with E-state index in [4.69, 9.17) is 23.2 Å². The van der Waals surface area contributed by atoms with Gasteiger partial charge in [0.1, 0.15) is 11.4 Å². The van der Waals surface area contributed by atoms with Gasteiger partial charge in [0.15, 0.2) is 0 Å². The first-order valence-corrected chi connectivity index (χ1v) is 11.9. The molecule has 0 bridgehead atoms. The second-order valence-corrected chi connectivity index (χ2v) is 9.26. The summed E-state index contributed by atoms with van der Waals surface area (Å²) >= 11 is 12.7. The highest BCUT2D eigenvalue weighted by molar-refractivity contribution is 6.40. The van der Waals surface area contributed by atoms with Crippen LogP contribution in [0.2, 0.25) is 10.0 Å². The highest BCUT2D eigenvalue weighted by Crippen LogP contribution is 2.37. The molecule has 1 fully saturated rings. The van der Waals surface area contributed by atoms with Crippen LogP contribution in [-0.4, -0.2) is 48.7 Å². The average Bonchev–Trinajstić information content (AvgIpc) is 2.83. The maximum Gasteiger partial charge on any atom is 0.265 e. The van der Waals surface area contributed by atoms with Crippen LogP contribution in [0.3, 0.4) is 0 Å². The number of piperidine rings is 1.